The van der Waals surface area contributed by atoms with Gasteiger partial charge in [0.05, 0.1) is 27.4 Å². The van der Waals surface area contributed by atoms with E-state index in [4.69, 9.17) is 5.90 Å². The number of aromatic nitrogens is 3. The van der Waals surface area contributed by atoms with E-state index >= 15 is 0 Å². The molecule has 0 bridgehead atoms. The number of nitrogens with one attached hydrogen (secondary N) is 2. The summed E-state index contributed by atoms with van der Waals surface area (Å²) < 4.78 is 69.0. The van der Waals surface area contributed by atoms with Crippen LogP contribution in [0.4, 0.5) is 34.6 Å². The molecule has 258 valence electrons. The fourth-order valence-corrected chi connectivity index (χ4v) is 5.72. The number of benzene rings is 4. The van der Waals surface area contributed by atoms with E-state index in [-0.39, 0.29) is 27.8 Å². The van der Waals surface area contributed by atoms with E-state index in [2.05, 4.69) is 40.7 Å². The summed E-state index contributed by atoms with van der Waals surface area (Å²) in [5.41, 5.74) is -1.04. The lowest BCUT2D eigenvalue weighted by molar-refractivity contribution is 0.0696. The Kier molecular flexibility index (Phi) is 9.30. The molecule has 50 heavy (non-hydrogen) atoms. The molecule has 0 atom stereocenters. The minimum atomic E-state index is -5.13. The van der Waals surface area contributed by atoms with Crippen LogP contribution < -0.4 is 21.4 Å². The number of fused-ring (bicyclic) bond motifs is 1. The number of hydrogen-bond donors (Lipinski definition) is 8. The van der Waals surface area contributed by atoms with Crippen LogP contribution >= 0.6 is 0 Å². The average Bonchev–Trinajstić information content (AvgIpc) is 3.02. The van der Waals surface area contributed by atoms with Gasteiger partial charge in [-0.25, -0.2) is 9.59 Å². The topological polar surface area (TPSA) is 326 Å². The number of carbonyl (C=O) groups is 2. The SMILES string of the molecule is Cc1cccc(N=Nc2c(S(=O)(=O)O)cc3cc(S(=O)(=O)O)cc(Nc4nc(Nc5cc(C(=O)O)cc(C(=O)O)c5)nc(ON)n4)c3c2O)c1. The largest absolute Gasteiger partial charge is 0.505 e. The Morgan fingerprint density at radius 1 is 0.820 bits per heavy atom. The molecule has 0 saturated carbocycles. The van der Waals surface area contributed by atoms with Gasteiger partial charge in [-0.3, -0.25) is 9.11 Å². The van der Waals surface area contributed by atoms with Gasteiger partial charge in [0.15, 0.2) is 5.75 Å². The van der Waals surface area contributed by atoms with Crippen LogP contribution in [0, 0.1) is 6.92 Å². The molecule has 0 aliphatic rings. The standard InChI is InChI=1S/C28H22N8O12S2/c1-12-3-2-4-16(5-12)35-36-22-20(50(45,46)47)10-13-9-18(49(42,43)44)11-19(21(13)23(22)37)31-27-32-26(33-28(34-27)48-29)30-17-7-14(24(38)39)6-15(8-17)25(40)41/h2-11,37H,29H2,1H3,(H,38,39)(H,40,41)(H,42,43,44)(H,45,46,47)(H2,30,31,32,33,34). The zero-order chi connectivity index (χ0) is 36.5. The van der Waals surface area contributed by atoms with Crippen molar-refractivity contribution in [2.24, 2.45) is 16.1 Å². The summed E-state index contributed by atoms with van der Waals surface area (Å²) in [6, 6.07) is 11.4. The highest BCUT2D eigenvalue weighted by Crippen LogP contribution is 2.45. The number of anilines is 4. The molecule has 1 aromatic heterocycles. The monoisotopic (exact) mass is 726 g/mol. The summed E-state index contributed by atoms with van der Waals surface area (Å²) >= 11 is 0. The average molecular weight is 727 g/mol. The van der Waals surface area contributed by atoms with Gasteiger partial charge in [-0.1, -0.05) is 12.1 Å². The van der Waals surface area contributed by atoms with Gasteiger partial charge in [0.25, 0.3) is 20.2 Å². The molecule has 20 nitrogen and oxygen atoms in total. The Labute approximate surface area is 280 Å². The van der Waals surface area contributed by atoms with E-state index in [1.165, 1.54) is 6.07 Å². The third kappa shape index (κ3) is 7.69. The second-order valence-electron chi connectivity index (χ2n) is 10.2. The molecule has 0 aliphatic heterocycles. The van der Waals surface area contributed by atoms with Crippen LogP contribution in [0.2, 0.25) is 0 Å². The lowest BCUT2D eigenvalue weighted by atomic mass is 10.1. The normalized spacial score (nSPS) is 11.8. The molecule has 22 heteroatoms. The van der Waals surface area contributed by atoms with Gasteiger partial charge in [-0.05, 0) is 66.4 Å². The quantitative estimate of drug-likeness (QED) is 0.0539. The maximum atomic E-state index is 12.4. The number of nitrogens with two attached hydrogens (primary N) is 1. The number of aryl methyl sites for hydroxylation is 1. The van der Waals surface area contributed by atoms with E-state index < -0.39 is 82.4 Å². The molecule has 1 heterocycles. The fraction of sp³-hybridized carbons (Fsp3) is 0.0357. The first-order valence-corrected chi connectivity index (χ1v) is 16.4. The third-order valence-corrected chi connectivity index (χ3v) is 8.31. The molecular weight excluding hydrogens is 704 g/mol. The van der Waals surface area contributed by atoms with E-state index in [1.807, 2.05) is 0 Å². The van der Waals surface area contributed by atoms with Gasteiger partial charge in [-0.15, -0.1) is 5.11 Å². The molecule has 0 fully saturated rings. The fourth-order valence-electron chi connectivity index (χ4n) is 4.52. The second-order valence-corrected chi connectivity index (χ2v) is 13.0. The van der Waals surface area contributed by atoms with Crippen LogP contribution in [0.1, 0.15) is 26.3 Å². The lowest BCUT2D eigenvalue weighted by Gasteiger charge is -2.15. The highest BCUT2D eigenvalue weighted by molar-refractivity contribution is 7.86. The van der Waals surface area contributed by atoms with Crippen molar-refractivity contribution >= 4 is 77.6 Å². The smallest absolute Gasteiger partial charge is 0.342 e. The maximum absolute atomic E-state index is 12.4. The number of phenolic OH excluding ortho intramolecular Hbond substituents is 1. The minimum Gasteiger partial charge on any atom is -0.505 e. The molecule has 4 aromatic carbocycles. The predicted molar refractivity (Wildman–Crippen MR) is 172 cm³/mol. The highest BCUT2D eigenvalue weighted by atomic mass is 32.2. The first-order chi connectivity index (χ1) is 23.4. The van der Waals surface area contributed by atoms with Crippen molar-refractivity contribution in [3.8, 4) is 11.8 Å². The van der Waals surface area contributed by atoms with Crippen molar-refractivity contribution in [2.75, 3.05) is 10.6 Å². The Hall–Kier alpha value is -6.33. The van der Waals surface area contributed by atoms with E-state index in [0.717, 1.165) is 42.0 Å². The molecule has 0 unspecified atom stereocenters. The van der Waals surface area contributed by atoms with Crippen LogP contribution in [0.3, 0.4) is 0 Å². The number of aromatic carboxylic acids is 2. The zero-order valence-corrected chi connectivity index (χ0v) is 26.6. The van der Waals surface area contributed by atoms with Crippen molar-refractivity contribution in [1.29, 1.82) is 0 Å². The predicted octanol–water partition coefficient (Wildman–Crippen LogP) is 4.08. The van der Waals surface area contributed by atoms with Crippen LogP contribution in [-0.4, -0.2) is 68.2 Å². The molecule has 0 amide bonds. The molecule has 5 rings (SSSR count). The molecule has 0 spiro atoms. The number of rotatable bonds is 11. The summed E-state index contributed by atoms with van der Waals surface area (Å²) in [7, 11) is -10.1. The van der Waals surface area contributed by atoms with Crippen molar-refractivity contribution < 1.29 is 55.7 Å². The van der Waals surface area contributed by atoms with Gasteiger partial charge < -0.3 is 30.8 Å². The van der Waals surface area contributed by atoms with Crippen molar-refractivity contribution in [3.63, 3.8) is 0 Å². The number of carboxylic acids is 2. The first-order valence-electron chi connectivity index (χ1n) is 13.5. The summed E-state index contributed by atoms with van der Waals surface area (Å²) in [5.74, 6) is 0.524. The van der Waals surface area contributed by atoms with Crippen LogP contribution in [0.15, 0.2) is 80.7 Å². The molecule has 0 aliphatic carbocycles. The molecule has 5 aromatic rings. The number of nitrogens with zero attached hydrogens (tertiary/aromatic N) is 5. The number of hydrogen-bond acceptors (Lipinski definition) is 16. The molecule has 9 N–H and O–H groups in total. The van der Waals surface area contributed by atoms with Gasteiger partial charge >= 0.3 is 17.9 Å². The molecule has 0 radical (unpaired) electrons. The molecule has 0 saturated heterocycles. The first kappa shape index (κ1) is 35.0. The van der Waals surface area contributed by atoms with E-state index in [9.17, 15) is 50.8 Å². The van der Waals surface area contributed by atoms with Crippen LogP contribution in [-0.2, 0) is 20.2 Å². The third-order valence-electron chi connectivity index (χ3n) is 6.62. The lowest BCUT2D eigenvalue weighted by Crippen LogP contribution is -2.11. The number of carboxylic acid groups (broad SMARTS) is 2. The Morgan fingerprint density at radius 3 is 2.02 bits per heavy atom. The van der Waals surface area contributed by atoms with Crippen LogP contribution in [0.5, 0.6) is 11.8 Å². The molecular formula is C28H22N8O12S2. The van der Waals surface area contributed by atoms with Crippen molar-refractivity contribution in [2.45, 2.75) is 16.7 Å². The van der Waals surface area contributed by atoms with Crippen LogP contribution in [0.25, 0.3) is 10.8 Å². The van der Waals surface area contributed by atoms with Gasteiger partial charge in [-0.2, -0.15) is 42.8 Å². The summed E-state index contributed by atoms with van der Waals surface area (Å²) in [6.45, 7) is 1.75. The number of aromatic hydroxyl groups is 1. The summed E-state index contributed by atoms with van der Waals surface area (Å²) in [6.07, 6.45) is 0. The van der Waals surface area contributed by atoms with Gasteiger partial charge in [0, 0.05) is 11.1 Å². The van der Waals surface area contributed by atoms with Gasteiger partial charge in [0.1, 0.15) is 10.6 Å². The van der Waals surface area contributed by atoms with Crippen molar-refractivity contribution in [1.82, 2.24) is 15.0 Å². The minimum absolute atomic E-state index is 0.111. The number of phenols is 1. The van der Waals surface area contributed by atoms with Crippen molar-refractivity contribution in [3.05, 3.63) is 77.4 Å². The summed E-state index contributed by atoms with van der Waals surface area (Å²) in [4.78, 5) is 37.7. The van der Waals surface area contributed by atoms with Gasteiger partial charge in [0.2, 0.25) is 11.9 Å². The maximum Gasteiger partial charge on any atom is 0.342 e. The Bertz CT molecular complexity index is 2440. The summed E-state index contributed by atoms with van der Waals surface area (Å²) in [5, 5.41) is 42.5. The highest BCUT2D eigenvalue weighted by Gasteiger charge is 2.26. The number of azo groups is 1. The van der Waals surface area contributed by atoms with E-state index in [0.29, 0.717) is 0 Å². The Balaban J connectivity index is 1.69. The van der Waals surface area contributed by atoms with E-state index in [1.54, 1.807) is 25.1 Å². The zero-order valence-electron chi connectivity index (χ0n) is 25.0. The second kappa shape index (κ2) is 13.3. The Morgan fingerprint density at radius 2 is 1.46 bits per heavy atom.